The Morgan fingerprint density at radius 3 is 2.86 bits per heavy atom. The molecule has 0 radical (unpaired) electrons. The maximum Gasteiger partial charge on any atom is 0.257 e. The number of rotatable bonds is 6. The number of allylic oxidation sites excluding steroid dienone is 3. The van der Waals surface area contributed by atoms with Crippen LogP contribution in [0, 0.1) is 0 Å². The van der Waals surface area contributed by atoms with Crippen molar-refractivity contribution in [1.29, 1.82) is 0 Å². The molecular weight excluding hydrogens is 370 g/mol. The van der Waals surface area contributed by atoms with Gasteiger partial charge in [0.15, 0.2) is 0 Å². The Labute approximate surface area is 169 Å². The van der Waals surface area contributed by atoms with Crippen molar-refractivity contribution in [3.8, 4) is 0 Å². The highest BCUT2D eigenvalue weighted by Gasteiger charge is 2.18. The smallest absolute Gasteiger partial charge is 0.257 e. The molecule has 1 aliphatic rings. The molecule has 0 spiro atoms. The van der Waals surface area contributed by atoms with Gasteiger partial charge < -0.3 is 4.98 Å². The van der Waals surface area contributed by atoms with Crippen LogP contribution in [0.15, 0.2) is 47.7 Å². The van der Waals surface area contributed by atoms with E-state index in [2.05, 4.69) is 41.5 Å². The minimum absolute atomic E-state index is 0.264. The Morgan fingerprint density at radius 1 is 1.46 bits per heavy atom. The highest BCUT2D eigenvalue weighted by atomic mass is 32.1. The van der Waals surface area contributed by atoms with E-state index in [0.717, 1.165) is 46.0 Å². The lowest BCUT2D eigenvalue weighted by Gasteiger charge is -2.11. The number of aryl methyl sites for hydroxylation is 1. The van der Waals surface area contributed by atoms with Crippen molar-refractivity contribution in [1.82, 2.24) is 19.7 Å². The van der Waals surface area contributed by atoms with E-state index in [1.807, 2.05) is 26.4 Å². The van der Waals surface area contributed by atoms with Crippen LogP contribution in [-0.4, -0.2) is 25.7 Å². The fraction of sp³-hybridized carbons (Fsp3) is 0.286. The van der Waals surface area contributed by atoms with Crippen molar-refractivity contribution < 1.29 is 4.79 Å². The number of carbonyl (C=O) groups is 1. The van der Waals surface area contributed by atoms with Gasteiger partial charge >= 0.3 is 0 Å². The van der Waals surface area contributed by atoms with Gasteiger partial charge in [0.2, 0.25) is 5.95 Å². The summed E-state index contributed by atoms with van der Waals surface area (Å²) in [6.45, 7) is 7.62. The number of anilines is 1. The average Bonchev–Trinajstić information content (AvgIpc) is 3.26. The molecule has 28 heavy (non-hydrogen) atoms. The molecule has 0 fully saturated rings. The third-order valence-electron chi connectivity index (χ3n) is 4.66. The molecule has 0 saturated heterocycles. The first-order chi connectivity index (χ1) is 13.4. The molecule has 0 aliphatic heterocycles. The van der Waals surface area contributed by atoms with Gasteiger partial charge in [0.25, 0.3) is 5.91 Å². The van der Waals surface area contributed by atoms with Gasteiger partial charge in [0.05, 0.1) is 16.9 Å². The molecule has 146 valence electrons. The summed E-state index contributed by atoms with van der Waals surface area (Å²) >= 11 is 4.26. The number of fused-ring (bicyclic) bond motifs is 1. The van der Waals surface area contributed by atoms with Gasteiger partial charge in [-0.1, -0.05) is 25.7 Å². The molecule has 6 nitrogen and oxygen atoms in total. The monoisotopic (exact) mass is 395 g/mol. The highest BCUT2D eigenvalue weighted by molar-refractivity contribution is 7.84. The summed E-state index contributed by atoms with van der Waals surface area (Å²) in [5.41, 5.74) is 3.98. The van der Waals surface area contributed by atoms with Crippen molar-refractivity contribution in [2.24, 2.45) is 7.05 Å². The zero-order valence-electron chi connectivity index (χ0n) is 16.4. The van der Waals surface area contributed by atoms with Crippen LogP contribution in [-0.2, 0) is 11.8 Å². The van der Waals surface area contributed by atoms with E-state index in [9.17, 15) is 4.79 Å². The summed E-state index contributed by atoms with van der Waals surface area (Å²) < 4.78 is 1.79. The Balaban J connectivity index is 2.06. The minimum atomic E-state index is -0.264. The van der Waals surface area contributed by atoms with Crippen LogP contribution in [0.25, 0.3) is 11.1 Å². The third kappa shape index (κ3) is 4.20. The molecule has 0 unspecified atom stereocenters. The molecule has 2 aromatic heterocycles. The number of aromatic nitrogens is 4. The second-order valence-corrected chi connectivity index (χ2v) is 7.45. The van der Waals surface area contributed by atoms with Crippen molar-refractivity contribution >= 4 is 35.6 Å². The zero-order chi connectivity index (χ0) is 20.3. The molecule has 1 amide bonds. The number of imidazole rings is 1. The van der Waals surface area contributed by atoms with Gasteiger partial charge in [-0.2, -0.15) is 5.10 Å². The van der Waals surface area contributed by atoms with Gasteiger partial charge in [-0.25, -0.2) is 4.98 Å². The number of thiol groups is 1. The predicted molar refractivity (Wildman–Crippen MR) is 116 cm³/mol. The normalized spacial score (nSPS) is 14.9. The van der Waals surface area contributed by atoms with Crippen molar-refractivity contribution in [3.63, 3.8) is 0 Å². The molecule has 0 atom stereocenters. The maximum atomic E-state index is 12.7. The molecule has 2 heterocycles. The number of nitrogens with one attached hydrogen (secondary N) is 2. The van der Waals surface area contributed by atoms with E-state index in [1.54, 1.807) is 22.9 Å². The molecule has 1 aliphatic carbocycles. The van der Waals surface area contributed by atoms with E-state index in [1.165, 1.54) is 5.57 Å². The van der Waals surface area contributed by atoms with Crippen LogP contribution in [0.5, 0.6) is 0 Å². The van der Waals surface area contributed by atoms with Gasteiger partial charge in [-0.3, -0.25) is 14.8 Å². The highest BCUT2D eigenvalue weighted by Crippen LogP contribution is 2.22. The third-order valence-corrected chi connectivity index (χ3v) is 4.79. The second-order valence-electron chi connectivity index (χ2n) is 6.74. The van der Waals surface area contributed by atoms with E-state index in [0.29, 0.717) is 11.5 Å². The van der Waals surface area contributed by atoms with Crippen molar-refractivity contribution in [3.05, 3.63) is 63.9 Å². The van der Waals surface area contributed by atoms with E-state index in [-0.39, 0.29) is 5.91 Å². The summed E-state index contributed by atoms with van der Waals surface area (Å²) in [6, 6.07) is 0. The number of hydrogen-bond donors (Lipinski definition) is 3. The second kappa shape index (κ2) is 8.48. The van der Waals surface area contributed by atoms with Crippen LogP contribution in [0.1, 0.15) is 38.7 Å². The van der Waals surface area contributed by atoms with E-state index < -0.39 is 0 Å². The molecule has 0 saturated carbocycles. The maximum absolute atomic E-state index is 12.7. The number of carbonyl (C=O) groups excluding carboxylic acids is 1. The zero-order valence-corrected chi connectivity index (χ0v) is 17.3. The van der Waals surface area contributed by atoms with E-state index >= 15 is 0 Å². The Hall–Kier alpha value is -2.80. The van der Waals surface area contributed by atoms with Gasteiger partial charge in [0.1, 0.15) is 0 Å². The summed E-state index contributed by atoms with van der Waals surface area (Å²) in [4.78, 5) is 21.4. The van der Waals surface area contributed by atoms with Crippen LogP contribution in [0.2, 0.25) is 0 Å². The lowest BCUT2D eigenvalue weighted by atomic mass is 9.94. The van der Waals surface area contributed by atoms with Crippen molar-refractivity contribution in [2.75, 3.05) is 5.32 Å². The van der Waals surface area contributed by atoms with Gasteiger partial charge in [-0.05, 0) is 48.3 Å². The molecule has 7 heteroatoms. The lowest BCUT2D eigenvalue weighted by molar-refractivity contribution is -0.112. The number of hydrogen-bond acceptors (Lipinski definition) is 4. The largest absolute Gasteiger partial charge is 0.324 e. The molecule has 0 aromatic carbocycles. The van der Waals surface area contributed by atoms with Crippen LogP contribution in [0.4, 0.5) is 5.95 Å². The van der Waals surface area contributed by atoms with Crippen LogP contribution in [0.3, 0.4) is 0 Å². The summed E-state index contributed by atoms with van der Waals surface area (Å²) in [5, 5.41) is 9.03. The SMILES string of the molecule is C=C/C=C(\C=C(/C)S)C(=O)Nc1nc2c([nH]1)=C(CC)CCC=2c1cnn(C)c1. The first-order valence-electron chi connectivity index (χ1n) is 9.24. The fourth-order valence-corrected chi connectivity index (χ4v) is 3.50. The van der Waals surface area contributed by atoms with Crippen LogP contribution < -0.4 is 16.0 Å². The van der Waals surface area contributed by atoms with Crippen molar-refractivity contribution in [2.45, 2.75) is 33.1 Å². The first kappa shape index (κ1) is 19.9. The Bertz CT molecular complexity index is 1100. The summed E-state index contributed by atoms with van der Waals surface area (Å²) in [7, 11) is 1.90. The number of amides is 1. The van der Waals surface area contributed by atoms with E-state index in [4.69, 9.17) is 4.98 Å². The molecule has 2 N–H and O–H groups in total. The molecule has 0 bridgehead atoms. The number of H-pyrrole nitrogens is 1. The quantitative estimate of drug-likeness (QED) is 0.400. The van der Waals surface area contributed by atoms with Crippen LogP contribution >= 0.6 is 12.6 Å². The predicted octanol–water partition coefficient (Wildman–Crippen LogP) is 2.58. The average molecular weight is 396 g/mol. The molecule has 2 aromatic rings. The molecule has 3 rings (SSSR count). The fourth-order valence-electron chi connectivity index (χ4n) is 3.36. The number of aromatic amines is 1. The summed E-state index contributed by atoms with van der Waals surface area (Å²) in [5.74, 6) is 0.171. The van der Waals surface area contributed by atoms with Gasteiger partial charge in [-0.15, -0.1) is 12.6 Å². The minimum Gasteiger partial charge on any atom is -0.324 e. The van der Waals surface area contributed by atoms with Gasteiger partial charge in [0, 0.05) is 24.4 Å². The standard InChI is InChI=1S/C21H25N5OS/c1-5-7-15(10-13(3)28)20(27)25-21-23-18-14(6-2)8-9-17(19(18)24-21)16-11-22-26(4)12-16/h5,7,10-12,28H,1,6,8-9H2,2-4H3,(H2,23,24,25,27)/b13-10+,15-7+. The number of nitrogens with zero attached hydrogens (tertiary/aromatic N) is 3. The summed E-state index contributed by atoms with van der Waals surface area (Å²) in [6.07, 6.45) is 11.6. The lowest BCUT2D eigenvalue weighted by Crippen LogP contribution is -2.32. The first-order valence-corrected chi connectivity index (χ1v) is 9.69. The Kier molecular flexibility index (Phi) is 6.04. The Morgan fingerprint density at radius 2 is 2.25 bits per heavy atom. The topological polar surface area (TPSA) is 75.6 Å². The molecular formula is C21H25N5OS.